The highest BCUT2D eigenvalue weighted by atomic mass is 16.5. The molecule has 1 aromatic heterocycles. The van der Waals surface area contributed by atoms with Crippen LogP contribution in [0.3, 0.4) is 0 Å². The van der Waals surface area contributed by atoms with Crippen molar-refractivity contribution in [1.29, 1.82) is 0 Å². The lowest BCUT2D eigenvalue weighted by molar-refractivity contribution is -0.209. The molecule has 1 aliphatic heterocycles. The number of aliphatic hydroxyl groups is 1. The Morgan fingerprint density at radius 1 is 1.45 bits per heavy atom. The van der Waals surface area contributed by atoms with E-state index in [4.69, 9.17) is 4.74 Å². The van der Waals surface area contributed by atoms with Crippen molar-refractivity contribution in [1.82, 2.24) is 9.88 Å². The van der Waals surface area contributed by atoms with Crippen LogP contribution in [-0.4, -0.2) is 46.9 Å². The normalized spacial score (nSPS) is 29.3. The third-order valence-corrected chi connectivity index (χ3v) is 5.03. The summed E-state index contributed by atoms with van der Waals surface area (Å²) in [5.74, 6) is 0. The molecule has 2 atom stereocenters. The van der Waals surface area contributed by atoms with Gasteiger partial charge in [-0.3, -0.25) is 9.88 Å². The number of ether oxygens (including phenoxy) is 1. The summed E-state index contributed by atoms with van der Waals surface area (Å²) >= 11 is 0. The highest BCUT2D eigenvalue weighted by Crippen LogP contribution is 2.51. The van der Waals surface area contributed by atoms with Crippen molar-refractivity contribution < 1.29 is 9.84 Å². The molecule has 4 nitrogen and oxygen atoms in total. The average Bonchev–Trinajstić information content (AvgIpc) is 2.49. The van der Waals surface area contributed by atoms with Crippen LogP contribution >= 0.6 is 0 Å². The van der Waals surface area contributed by atoms with Gasteiger partial charge < -0.3 is 9.84 Å². The number of likely N-dealkylation sites (tertiary alicyclic amines) is 1. The Hall–Kier alpha value is -0.970. The molecule has 2 heterocycles. The van der Waals surface area contributed by atoms with Crippen molar-refractivity contribution >= 4 is 0 Å². The molecule has 2 fully saturated rings. The zero-order valence-corrected chi connectivity index (χ0v) is 12.2. The summed E-state index contributed by atoms with van der Waals surface area (Å²) in [6.45, 7) is 5.82. The van der Waals surface area contributed by atoms with E-state index in [0.29, 0.717) is 0 Å². The fourth-order valence-corrected chi connectivity index (χ4v) is 3.69. The van der Waals surface area contributed by atoms with Gasteiger partial charge >= 0.3 is 0 Å². The molecule has 4 heteroatoms. The van der Waals surface area contributed by atoms with Gasteiger partial charge in [-0.1, -0.05) is 6.07 Å². The average molecular weight is 276 g/mol. The van der Waals surface area contributed by atoms with Gasteiger partial charge in [0.15, 0.2) is 0 Å². The summed E-state index contributed by atoms with van der Waals surface area (Å²) in [7, 11) is 0. The Bertz CT molecular complexity index is 427. The van der Waals surface area contributed by atoms with E-state index < -0.39 is 0 Å². The van der Waals surface area contributed by atoms with Crippen molar-refractivity contribution in [2.75, 3.05) is 19.7 Å². The molecule has 0 aromatic carbocycles. The first-order valence-corrected chi connectivity index (χ1v) is 7.65. The summed E-state index contributed by atoms with van der Waals surface area (Å²) in [4.78, 5) is 6.62. The van der Waals surface area contributed by atoms with E-state index in [9.17, 15) is 5.11 Å². The van der Waals surface area contributed by atoms with E-state index in [0.717, 1.165) is 45.5 Å². The lowest BCUT2D eigenvalue weighted by Gasteiger charge is -2.56. The summed E-state index contributed by atoms with van der Waals surface area (Å²) in [6, 6.07) is 4.11. The lowest BCUT2D eigenvalue weighted by atomic mass is 9.58. The summed E-state index contributed by atoms with van der Waals surface area (Å²) in [5.41, 5.74) is 1.29. The molecule has 1 saturated carbocycles. The maximum atomic E-state index is 10.2. The van der Waals surface area contributed by atoms with Crippen LogP contribution in [0.25, 0.3) is 0 Å². The second-order valence-corrected chi connectivity index (χ2v) is 6.07. The summed E-state index contributed by atoms with van der Waals surface area (Å²) in [6.07, 6.45) is 6.74. The van der Waals surface area contributed by atoms with E-state index in [1.54, 1.807) is 0 Å². The third kappa shape index (κ3) is 2.48. The predicted molar refractivity (Wildman–Crippen MR) is 77.2 cm³/mol. The van der Waals surface area contributed by atoms with Gasteiger partial charge in [0.1, 0.15) is 0 Å². The van der Waals surface area contributed by atoms with Gasteiger partial charge in [-0.25, -0.2) is 0 Å². The van der Waals surface area contributed by atoms with E-state index in [1.807, 2.05) is 25.4 Å². The Morgan fingerprint density at radius 3 is 2.85 bits per heavy atom. The molecule has 2 unspecified atom stereocenters. The third-order valence-electron chi connectivity index (χ3n) is 5.03. The van der Waals surface area contributed by atoms with E-state index in [2.05, 4.69) is 16.0 Å². The minimum absolute atomic E-state index is 0.0292. The lowest BCUT2D eigenvalue weighted by Crippen LogP contribution is -2.62. The number of hydrogen-bond donors (Lipinski definition) is 1. The smallest absolute Gasteiger partial charge is 0.0681 e. The molecule has 0 bridgehead atoms. The van der Waals surface area contributed by atoms with Crippen molar-refractivity contribution in [3.8, 4) is 0 Å². The van der Waals surface area contributed by atoms with Crippen molar-refractivity contribution in [3.05, 3.63) is 30.1 Å². The molecule has 1 spiro atoms. The van der Waals surface area contributed by atoms with E-state index in [-0.39, 0.29) is 17.6 Å². The van der Waals surface area contributed by atoms with Crippen molar-refractivity contribution in [2.24, 2.45) is 5.41 Å². The van der Waals surface area contributed by atoms with Gasteiger partial charge in [0, 0.05) is 37.4 Å². The van der Waals surface area contributed by atoms with Crippen LogP contribution in [0.1, 0.15) is 31.7 Å². The minimum atomic E-state index is -0.167. The second kappa shape index (κ2) is 5.80. The molecule has 1 N–H and O–H groups in total. The highest BCUT2D eigenvalue weighted by molar-refractivity contribution is 5.10. The number of rotatable bonds is 4. The molecule has 1 aromatic rings. The molecule has 0 amide bonds. The molecular weight excluding hydrogens is 252 g/mol. The van der Waals surface area contributed by atoms with Gasteiger partial charge in [-0.05, 0) is 44.5 Å². The molecule has 1 aliphatic carbocycles. The van der Waals surface area contributed by atoms with Gasteiger partial charge in [0.25, 0.3) is 0 Å². The van der Waals surface area contributed by atoms with Crippen LogP contribution in [0, 0.1) is 5.41 Å². The number of aromatic nitrogens is 1. The topological polar surface area (TPSA) is 45.6 Å². The minimum Gasteiger partial charge on any atom is -0.392 e. The van der Waals surface area contributed by atoms with Crippen LogP contribution in [0.2, 0.25) is 0 Å². The molecule has 1 saturated heterocycles. The zero-order valence-electron chi connectivity index (χ0n) is 12.2. The van der Waals surface area contributed by atoms with Crippen molar-refractivity contribution in [3.63, 3.8) is 0 Å². The first-order chi connectivity index (χ1) is 9.74. The first-order valence-electron chi connectivity index (χ1n) is 7.65. The standard InChI is InChI=1S/C16H24N2O2/c1-2-20-15-10-14(19)16(15)5-8-18(9-6-16)12-13-4-3-7-17-11-13/h3-4,7,11,14-15,19H,2,5-6,8-10,12H2,1H3. The van der Waals surface area contributed by atoms with Gasteiger partial charge in [0.2, 0.25) is 0 Å². The van der Waals surface area contributed by atoms with Crippen LogP contribution in [0.5, 0.6) is 0 Å². The first kappa shape index (κ1) is 14.0. The number of pyridine rings is 1. The molecule has 3 rings (SSSR count). The van der Waals surface area contributed by atoms with Crippen LogP contribution in [-0.2, 0) is 11.3 Å². The Balaban J connectivity index is 1.56. The number of piperidine rings is 1. The quantitative estimate of drug-likeness (QED) is 0.911. The predicted octanol–water partition coefficient (Wildman–Crippen LogP) is 1.83. The fourth-order valence-electron chi connectivity index (χ4n) is 3.69. The zero-order chi connectivity index (χ0) is 14.0. The number of aliphatic hydroxyl groups excluding tert-OH is 1. The molecule has 2 aliphatic rings. The Morgan fingerprint density at radius 2 is 2.25 bits per heavy atom. The van der Waals surface area contributed by atoms with Gasteiger partial charge in [0.05, 0.1) is 12.2 Å². The molecule has 0 radical (unpaired) electrons. The Labute approximate surface area is 120 Å². The summed E-state index contributed by atoms with van der Waals surface area (Å²) < 4.78 is 5.81. The van der Waals surface area contributed by atoms with Crippen LogP contribution in [0.15, 0.2) is 24.5 Å². The Kier molecular flexibility index (Phi) is 4.06. The van der Waals surface area contributed by atoms with Crippen LogP contribution in [0.4, 0.5) is 0 Å². The van der Waals surface area contributed by atoms with Crippen LogP contribution < -0.4 is 0 Å². The summed E-state index contributed by atoms with van der Waals surface area (Å²) in [5, 5.41) is 10.2. The fraction of sp³-hybridized carbons (Fsp3) is 0.688. The highest BCUT2D eigenvalue weighted by Gasteiger charge is 2.55. The second-order valence-electron chi connectivity index (χ2n) is 6.07. The number of nitrogens with zero attached hydrogens (tertiary/aromatic N) is 2. The maximum Gasteiger partial charge on any atom is 0.0681 e. The monoisotopic (exact) mass is 276 g/mol. The number of hydrogen-bond acceptors (Lipinski definition) is 4. The molecule has 110 valence electrons. The van der Waals surface area contributed by atoms with Crippen molar-refractivity contribution in [2.45, 2.75) is 44.9 Å². The molecule has 20 heavy (non-hydrogen) atoms. The van der Waals surface area contributed by atoms with E-state index >= 15 is 0 Å². The maximum absolute atomic E-state index is 10.2. The SMILES string of the molecule is CCOC1CC(O)C12CCN(Cc1cccnc1)CC2. The van der Waals surface area contributed by atoms with E-state index in [1.165, 1.54) is 5.56 Å². The van der Waals surface area contributed by atoms with Gasteiger partial charge in [-0.2, -0.15) is 0 Å². The molecular formula is C16H24N2O2. The van der Waals surface area contributed by atoms with Gasteiger partial charge in [-0.15, -0.1) is 0 Å². The largest absolute Gasteiger partial charge is 0.392 e.